The van der Waals surface area contributed by atoms with E-state index in [-0.39, 0.29) is 0 Å². The number of hydrogen-bond acceptors (Lipinski definition) is 3. The lowest BCUT2D eigenvalue weighted by atomic mass is 10.3. The van der Waals surface area contributed by atoms with Gasteiger partial charge in [0.05, 0.1) is 7.11 Å². The zero-order valence-corrected chi connectivity index (χ0v) is 7.69. The third kappa shape index (κ3) is 2.45. The molecule has 0 atom stereocenters. The van der Waals surface area contributed by atoms with Gasteiger partial charge in [-0.05, 0) is 36.1 Å². The molecule has 1 aromatic rings. The summed E-state index contributed by atoms with van der Waals surface area (Å²) in [5.41, 5.74) is 0. The second-order valence-electron chi connectivity index (χ2n) is 1.84. The third-order valence-electron chi connectivity index (χ3n) is 1.20. The highest BCUT2D eigenvalue weighted by atomic mass is 32.4. The highest BCUT2D eigenvalue weighted by Gasteiger charge is 1.91. The summed E-state index contributed by atoms with van der Waals surface area (Å²) in [7, 11) is 2.12. The quantitative estimate of drug-likeness (QED) is 0.675. The van der Waals surface area contributed by atoms with E-state index in [1.807, 2.05) is 24.3 Å². The topological polar surface area (TPSA) is 18.5 Å². The molecule has 4 heteroatoms. The van der Waals surface area contributed by atoms with Crippen molar-refractivity contribution in [2.75, 3.05) is 7.11 Å². The van der Waals surface area contributed by atoms with Crippen LogP contribution in [0.4, 0.5) is 0 Å². The van der Waals surface area contributed by atoms with Crippen LogP contribution in [0.2, 0.25) is 0 Å². The average molecular weight is 186 g/mol. The molecule has 0 saturated carbocycles. The molecule has 0 bridgehead atoms. The van der Waals surface area contributed by atoms with Gasteiger partial charge in [-0.15, -0.1) is 0 Å². The molecule has 0 fully saturated rings. The van der Waals surface area contributed by atoms with E-state index in [4.69, 9.17) is 9.26 Å². The van der Waals surface area contributed by atoms with Gasteiger partial charge >= 0.3 is 0 Å². The summed E-state index contributed by atoms with van der Waals surface area (Å²) in [6.07, 6.45) is 0. The molecule has 0 spiro atoms. The van der Waals surface area contributed by atoms with Crippen LogP contribution in [0, 0.1) is 0 Å². The van der Waals surface area contributed by atoms with Crippen LogP contribution in [0.25, 0.3) is 0 Å². The summed E-state index contributed by atoms with van der Waals surface area (Å²) in [5.74, 6) is 1.58. The van der Waals surface area contributed by atoms with Gasteiger partial charge in [0.1, 0.15) is 11.5 Å². The Labute approximate surface area is 72.1 Å². The Balaban J connectivity index is 2.74. The zero-order valence-electron chi connectivity index (χ0n) is 5.98. The summed E-state index contributed by atoms with van der Waals surface area (Å²) in [6.45, 7) is 0. The number of rotatable bonds is 3. The standard InChI is InChI=1S/C7H7O2PS/c1-8-6-2-4-7(5-3-6)9-10-11/h2-5H,1H3. The van der Waals surface area contributed by atoms with E-state index in [2.05, 4.69) is 11.8 Å². The van der Waals surface area contributed by atoms with Gasteiger partial charge in [-0.25, -0.2) is 0 Å². The van der Waals surface area contributed by atoms with Crippen molar-refractivity contribution in [3.8, 4) is 11.5 Å². The van der Waals surface area contributed by atoms with Crippen molar-refractivity contribution in [1.29, 1.82) is 0 Å². The van der Waals surface area contributed by atoms with Crippen LogP contribution in [-0.2, 0) is 11.8 Å². The van der Waals surface area contributed by atoms with Gasteiger partial charge in [-0.2, -0.15) is 0 Å². The maximum atomic E-state index is 5.04. The van der Waals surface area contributed by atoms with E-state index in [0.29, 0.717) is 7.58 Å². The molecule has 0 amide bonds. The Morgan fingerprint density at radius 1 is 1.18 bits per heavy atom. The Hall–Kier alpha value is -0.660. The van der Waals surface area contributed by atoms with Crippen molar-refractivity contribution in [1.82, 2.24) is 0 Å². The molecule has 0 saturated heterocycles. The van der Waals surface area contributed by atoms with Crippen molar-refractivity contribution in [2.45, 2.75) is 0 Å². The summed E-state index contributed by atoms with van der Waals surface area (Å²) >= 11 is 4.61. The monoisotopic (exact) mass is 186 g/mol. The lowest BCUT2D eigenvalue weighted by Gasteiger charge is -1.99. The molecule has 0 heterocycles. The minimum atomic E-state index is 0.493. The summed E-state index contributed by atoms with van der Waals surface area (Å²) < 4.78 is 10.0. The minimum Gasteiger partial charge on any atom is -0.497 e. The minimum absolute atomic E-state index is 0.493. The lowest BCUT2D eigenvalue weighted by molar-refractivity contribution is 0.414. The van der Waals surface area contributed by atoms with Gasteiger partial charge in [0.15, 0.2) is 0 Å². The first-order valence-corrected chi connectivity index (χ1v) is 4.83. The zero-order chi connectivity index (χ0) is 8.10. The average Bonchev–Trinajstić information content (AvgIpc) is 2.07. The van der Waals surface area contributed by atoms with Crippen molar-refractivity contribution >= 4 is 19.4 Å². The Kier molecular flexibility index (Phi) is 3.27. The van der Waals surface area contributed by atoms with Gasteiger partial charge in [-0.3, -0.25) is 0 Å². The van der Waals surface area contributed by atoms with Gasteiger partial charge in [-0.1, -0.05) is 0 Å². The molecule has 1 aromatic carbocycles. The van der Waals surface area contributed by atoms with Crippen molar-refractivity contribution < 1.29 is 9.26 Å². The Bertz CT molecular complexity index is 235. The van der Waals surface area contributed by atoms with E-state index in [9.17, 15) is 0 Å². The van der Waals surface area contributed by atoms with Crippen molar-refractivity contribution in [3.05, 3.63) is 24.3 Å². The Morgan fingerprint density at radius 3 is 2.18 bits per heavy atom. The first kappa shape index (κ1) is 8.44. The number of hydrogen-bond donors (Lipinski definition) is 0. The van der Waals surface area contributed by atoms with Gasteiger partial charge in [0.25, 0.3) is 0 Å². The van der Waals surface area contributed by atoms with Gasteiger partial charge in [0, 0.05) is 0 Å². The third-order valence-corrected chi connectivity index (χ3v) is 1.71. The molecule has 0 radical (unpaired) electrons. The summed E-state index contributed by atoms with van der Waals surface area (Å²) in [6, 6.07) is 7.29. The molecule has 0 aliphatic heterocycles. The predicted octanol–water partition coefficient (Wildman–Crippen LogP) is 2.40. The fourth-order valence-electron chi connectivity index (χ4n) is 0.680. The molecule has 0 aliphatic carbocycles. The van der Waals surface area contributed by atoms with Crippen molar-refractivity contribution in [2.24, 2.45) is 0 Å². The molecule has 0 aliphatic rings. The van der Waals surface area contributed by atoms with E-state index in [1.54, 1.807) is 7.11 Å². The SMILES string of the molecule is COc1ccc(OP=S)cc1. The van der Waals surface area contributed by atoms with Crippen molar-refractivity contribution in [3.63, 3.8) is 0 Å². The molecule has 2 nitrogen and oxygen atoms in total. The number of benzene rings is 1. The number of methoxy groups -OCH3 is 1. The van der Waals surface area contributed by atoms with Gasteiger partial charge in [0.2, 0.25) is 7.58 Å². The molecule has 58 valence electrons. The maximum Gasteiger partial charge on any atom is 0.205 e. The first-order valence-electron chi connectivity index (χ1n) is 3.00. The Morgan fingerprint density at radius 2 is 1.73 bits per heavy atom. The van der Waals surface area contributed by atoms with E-state index in [1.165, 1.54) is 0 Å². The second-order valence-corrected chi connectivity index (χ2v) is 2.62. The number of ether oxygens (including phenoxy) is 1. The van der Waals surface area contributed by atoms with Crippen LogP contribution in [0.1, 0.15) is 0 Å². The smallest absolute Gasteiger partial charge is 0.205 e. The molecule has 0 N–H and O–H groups in total. The van der Waals surface area contributed by atoms with E-state index in [0.717, 1.165) is 11.5 Å². The predicted molar refractivity (Wildman–Crippen MR) is 47.9 cm³/mol. The van der Waals surface area contributed by atoms with E-state index >= 15 is 0 Å². The van der Waals surface area contributed by atoms with Crippen LogP contribution in [-0.4, -0.2) is 7.11 Å². The van der Waals surface area contributed by atoms with Crippen LogP contribution in [0.15, 0.2) is 24.3 Å². The lowest BCUT2D eigenvalue weighted by Crippen LogP contribution is -1.81. The summed E-state index contributed by atoms with van der Waals surface area (Å²) in [4.78, 5) is 0. The van der Waals surface area contributed by atoms with E-state index < -0.39 is 0 Å². The summed E-state index contributed by atoms with van der Waals surface area (Å²) in [5, 5.41) is 0. The van der Waals surface area contributed by atoms with Crippen LogP contribution >= 0.6 is 7.58 Å². The molecule has 1 rings (SSSR count). The van der Waals surface area contributed by atoms with Crippen LogP contribution in [0.3, 0.4) is 0 Å². The molecule has 0 unspecified atom stereocenters. The van der Waals surface area contributed by atoms with Crippen LogP contribution < -0.4 is 9.26 Å². The van der Waals surface area contributed by atoms with Gasteiger partial charge < -0.3 is 9.26 Å². The normalized spacial score (nSPS) is 9.55. The molecular formula is C7H7O2PS. The maximum absolute atomic E-state index is 5.04. The fraction of sp³-hybridized carbons (Fsp3) is 0.143. The van der Waals surface area contributed by atoms with Crippen LogP contribution in [0.5, 0.6) is 11.5 Å². The molecule has 0 aromatic heterocycles. The second kappa shape index (κ2) is 4.27. The first-order chi connectivity index (χ1) is 5.36. The molecular weight excluding hydrogens is 179 g/mol. The molecule has 11 heavy (non-hydrogen) atoms. The fourth-order valence-corrected chi connectivity index (χ4v) is 1.15. The highest BCUT2D eigenvalue weighted by molar-refractivity contribution is 7.94. The highest BCUT2D eigenvalue weighted by Crippen LogP contribution is 2.19. The largest absolute Gasteiger partial charge is 0.497 e.